The summed E-state index contributed by atoms with van der Waals surface area (Å²) in [4.78, 5) is 11.8. The van der Waals surface area contributed by atoms with Crippen LogP contribution in [-0.2, 0) is 14.1 Å². The lowest BCUT2D eigenvalue weighted by atomic mass is 9.79. The minimum atomic E-state index is -0.399. The Morgan fingerprint density at radius 2 is 1.64 bits per heavy atom. The molecule has 5 heteroatoms. The van der Waals surface area contributed by atoms with Gasteiger partial charge in [-0.3, -0.25) is 4.79 Å². The van der Waals surface area contributed by atoms with Crippen LogP contribution in [0.1, 0.15) is 48.0 Å². The zero-order chi connectivity index (χ0) is 16.5. The van der Waals surface area contributed by atoms with Gasteiger partial charge in [0.15, 0.2) is 0 Å². The molecule has 2 rings (SSSR count). The van der Waals surface area contributed by atoms with Crippen molar-refractivity contribution in [2.75, 3.05) is 0 Å². The zero-order valence-electron chi connectivity index (χ0n) is 14.3. The average Bonchev–Trinajstić information content (AvgIpc) is 2.67. The smallest absolute Gasteiger partial charge is 0.426 e. The highest BCUT2D eigenvalue weighted by atomic mass is 16.7. The first-order valence-corrected chi connectivity index (χ1v) is 7.83. The van der Waals surface area contributed by atoms with E-state index in [-0.39, 0.29) is 23.1 Å². The summed E-state index contributed by atoms with van der Waals surface area (Å²) in [5, 5.41) is 0. The van der Waals surface area contributed by atoms with Gasteiger partial charge in [-0.2, -0.15) is 0 Å². The third-order valence-corrected chi connectivity index (χ3v) is 4.64. The molecule has 1 atom stereocenters. The van der Waals surface area contributed by atoms with Crippen molar-refractivity contribution in [3.63, 3.8) is 0 Å². The molecule has 22 heavy (non-hydrogen) atoms. The van der Waals surface area contributed by atoms with Gasteiger partial charge in [-0.05, 0) is 51.7 Å². The highest BCUT2D eigenvalue weighted by molar-refractivity contribution is 6.62. The fourth-order valence-corrected chi connectivity index (χ4v) is 2.06. The van der Waals surface area contributed by atoms with Gasteiger partial charge in [0, 0.05) is 0 Å². The van der Waals surface area contributed by atoms with Crippen LogP contribution in [0.15, 0.2) is 24.3 Å². The molecule has 1 aliphatic rings. The van der Waals surface area contributed by atoms with Crippen molar-refractivity contribution in [1.82, 2.24) is 0 Å². The molecule has 0 aromatic heterocycles. The van der Waals surface area contributed by atoms with E-state index in [1.165, 1.54) is 0 Å². The summed E-state index contributed by atoms with van der Waals surface area (Å²) in [5.41, 5.74) is 0.195. The number of benzene rings is 1. The predicted molar refractivity (Wildman–Crippen MR) is 87.2 cm³/mol. The summed E-state index contributed by atoms with van der Waals surface area (Å²) in [6.07, 6.45) is 0.769. The van der Waals surface area contributed by atoms with Crippen LogP contribution in [0.2, 0.25) is 0 Å². The standard InChI is InChI=1S/C17H25BO4/c1-7-12(2)15(19)20-14-10-8-13(9-11-14)18-21-16(3,4)17(5,6)22-18/h8-12H,7H2,1-6H3. The second kappa shape index (κ2) is 6.05. The van der Waals surface area contributed by atoms with Crippen molar-refractivity contribution >= 4 is 18.6 Å². The molecule has 0 amide bonds. The van der Waals surface area contributed by atoms with E-state index >= 15 is 0 Å². The first kappa shape index (κ1) is 17.0. The zero-order valence-corrected chi connectivity index (χ0v) is 14.3. The van der Waals surface area contributed by atoms with Crippen LogP contribution in [0, 0.1) is 5.92 Å². The van der Waals surface area contributed by atoms with E-state index < -0.39 is 7.12 Å². The molecule has 0 saturated carbocycles. The highest BCUT2D eigenvalue weighted by Gasteiger charge is 2.51. The normalized spacial score (nSPS) is 20.7. The van der Waals surface area contributed by atoms with Crippen LogP contribution in [-0.4, -0.2) is 24.3 Å². The van der Waals surface area contributed by atoms with E-state index in [4.69, 9.17) is 14.0 Å². The van der Waals surface area contributed by atoms with Crippen LogP contribution in [0.3, 0.4) is 0 Å². The summed E-state index contributed by atoms with van der Waals surface area (Å²) >= 11 is 0. The number of carbonyl (C=O) groups is 1. The Kier molecular flexibility index (Phi) is 4.69. The Bertz CT molecular complexity index is 520. The van der Waals surface area contributed by atoms with Crippen molar-refractivity contribution in [3.05, 3.63) is 24.3 Å². The molecule has 1 aromatic rings. The van der Waals surface area contributed by atoms with E-state index in [1.54, 1.807) is 12.1 Å². The van der Waals surface area contributed by atoms with Gasteiger partial charge in [-0.25, -0.2) is 0 Å². The minimum absolute atomic E-state index is 0.0947. The van der Waals surface area contributed by atoms with Gasteiger partial charge in [0.05, 0.1) is 17.1 Å². The summed E-state index contributed by atoms with van der Waals surface area (Å²) in [6.45, 7) is 11.9. The Morgan fingerprint density at radius 1 is 1.14 bits per heavy atom. The molecule has 1 fully saturated rings. The van der Waals surface area contributed by atoms with E-state index in [2.05, 4.69) is 0 Å². The monoisotopic (exact) mass is 304 g/mol. The van der Waals surface area contributed by atoms with Crippen molar-refractivity contribution in [3.8, 4) is 5.75 Å². The van der Waals surface area contributed by atoms with Crippen molar-refractivity contribution in [1.29, 1.82) is 0 Å². The summed E-state index contributed by atoms with van der Waals surface area (Å²) in [7, 11) is -0.399. The van der Waals surface area contributed by atoms with Crippen molar-refractivity contribution < 1.29 is 18.8 Å². The maximum absolute atomic E-state index is 11.8. The lowest BCUT2D eigenvalue weighted by Gasteiger charge is -2.32. The van der Waals surface area contributed by atoms with Gasteiger partial charge >= 0.3 is 13.1 Å². The maximum Gasteiger partial charge on any atom is 0.494 e. The fourth-order valence-electron chi connectivity index (χ4n) is 2.06. The van der Waals surface area contributed by atoms with Gasteiger partial charge in [0.2, 0.25) is 0 Å². The van der Waals surface area contributed by atoms with Gasteiger partial charge < -0.3 is 14.0 Å². The van der Waals surface area contributed by atoms with E-state index in [0.717, 1.165) is 11.9 Å². The third-order valence-electron chi connectivity index (χ3n) is 4.64. The van der Waals surface area contributed by atoms with E-state index in [0.29, 0.717) is 5.75 Å². The first-order valence-electron chi connectivity index (χ1n) is 7.83. The maximum atomic E-state index is 11.8. The summed E-state index contributed by atoms with van der Waals surface area (Å²) in [6, 6.07) is 7.31. The molecule has 1 unspecified atom stereocenters. The van der Waals surface area contributed by atoms with Crippen LogP contribution < -0.4 is 10.2 Å². The molecular weight excluding hydrogens is 279 g/mol. The first-order chi connectivity index (χ1) is 10.2. The van der Waals surface area contributed by atoms with Crippen LogP contribution >= 0.6 is 0 Å². The number of carbonyl (C=O) groups excluding carboxylic acids is 1. The Morgan fingerprint density at radius 3 is 2.09 bits per heavy atom. The number of esters is 1. The Hall–Kier alpha value is -1.33. The third kappa shape index (κ3) is 3.36. The molecular formula is C17H25BO4. The second-order valence-electron chi connectivity index (χ2n) is 6.89. The van der Waals surface area contributed by atoms with Crippen LogP contribution in [0.5, 0.6) is 5.75 Å². The molecule has 1 heterocycles. The van der Waals surface area contributed by atoms with Crippen molar-refractivity contribution in [2.24, 2.45) is 5.92 Å². The highest BCUT2D eigenvalue weighted by Crippen LogP contribution is 2.36. The largest absolute Gasteiger partial charge is 0.494 e. The molecule has 0 bridgehead atoms. The lowest BCUT2D eigenvalue weighted by Crippen LogP contribution is -2.41. The van der Waals surface area contributed by atoms with Crippen LogP contribution in [0.4, 0.5) is 0 Å². The molecule has 0 radical (unpaired) electrons. The molecule has 1 saturated heterocycles. The van der Waals surface area contributed by atoms with Gasteiger partial charge in [-0.1, -0.05) is 26.0 Å². The summed E-state index contributed by atoms with van der Waals surface area (Å²) in [5.74, 6) is 0.249. The fraction of sp³-hybridized carbons (Fsp3) is 0.588. The molecule has 0 N–H and O–H groups in total. The molecule has 4 nitrogen and oxygen atoms in total. The predicted octanol–water partition coefficient (Wildman–Crippen LogP) is 2.94. The number of hydrogen-bond acceptors (Lipinski definition) is 4. The molecule has 1 aliphatic heterocycles. The average molecular weight is 304 g/mol. The Balaban J connectivity index is 2.06. The van der Waals surface area contributed by atoms with Gasteiger partial charge in [0.25, 0.3) is 0 Å². The van der Waals surface area contributed by atoms with Crippen LogP contribution in [0.25, 0.3) is 0 Å². The molecule has 120 valence electrons. The Labute approximate surface area is 133 Å². The molecule has 0 aliphatic carbocycles. The van der Waals surface area contributed by atoms with Crippen molar-refractivity contribution in [2.45, 2.75) is 59.2 Å². The quantitative estimate of drug-likeness (QED) is 0.487. The minimum Gasteiger partial charge on any atom is -0.426 e. The molecule has 0 spiro atoms. The summed E-state index contributed by atoms with van der Waals surface area (Å²) < 4.78 is 17.3. The number of rotatable bonds is 4. The lowest BCUT2D eigenvalue weighted by molar-refractivity contribution is -0.138. The topological polar surface area (TPSA) is 44.8 Å². The van der Waals surface area contributed by atoms with E-state index in [9.17, 15) is 4.79 Å². The van der Waals surface area contributed by atoms with E-state index in [1.807, 2.05) is 53.7 Å². The van der Waals surface area contributed by atoms with Gasteiger partial charge in [0.1, 0.15) is 5.75 Å². The SMILES string of the molecule is CCC(C)C(=O)Oc1ccc(B2OC(C)(C)C(C)(C)O2)cc1. The number of hydrogen-bond donors (Lipinski definition) is 0. The second-order valence-corrected chi connectivity index (χ2v) is 6.89. The van der Waals surface area contributed by atoms with Gasteiger partial charge in [-0.15, -0.1) is 0 Å². The number of ether oxygens (including phenoxy) is 1. The molecule has 1 aromatic carbocycles.